The minimum atomic E-state index is -0.771. The summed E-state index contributed by atoms with van der Waals surface area (Å²) in [6.45, 7) is 0.852. The largest absolute Gasteiger partial charge is 0.342 e. The van der Waals surface area contributed by atoms with Crippen molar-refractivity contribution in [3.05, 3.63) is 30.3 Å². The lowest BCUT2D eigenvalue weighted by atomic mass is 10.3. The highest BCUT2D eigenvalue weighted by Gasteiger charge is 2.23. The molecule has 1 aliphatic rings. The molecule has 0 spiro atoms. The molecule has 1 saturated heterocycles. The number of nitrogens with zero attached hydrogens (tertiary/aromatic N) is 1. The summed E-state index contributed by atoms with van der Waals surface area (Å²) in [7, 11) is 0. The normalized spacial score (nSPS) is 23.1. The van der Waals surface area contributed by atoms with Crippen LogP contribution >= 0.6 is 0 Å². The fraction of sp³-hybridized carbons (Fsp3) is 0.400. The Labute approximate surface area is 71.8 Å². The molecule has 1 aliphatic heterocycles. The Bertz CT molecular complexity index is 247. The van der Waals surface area contributed by atoms with Gasteiger partial charge in [-0.3, -0.25) is 0 Å². The van der Waals surface area contributed by atoms with Crippen molar-refractivity contribution >= 4 is 5.69 Å². The van der Waals surface area contributed by atoms with Crippen LogP contribution in [0.15, 0.2) is 30.3 Å². The second-order valence-electron chi connectivity index (χ2n) is 3.11. The topological polar surface area (TPSA) is 3.24 Å². The van der Waals surface area contributed by atoms with Gasteiger partial charge in [-0.2, -0.15) is 0 Å². The molecule has 0 radical (unpaired) electrons. The van der Waals surface area contributed by atoms with Crippen LogP contribution in [0.2, 0.25) is 0 Å². The van der Waals surface area contributed by atoms with Gasteiger partial charge >= 0.3 is 0 Å². The summed E-state index contributed by atoms with van der Waals surface area (Å²) < 4.78 is 13.2. The summed E-state index contributed by atoms with van der Waals surface area (Å²) in [6.07, 6.45) is 0.873. The van der Waals surface area contributed by atoms with Crippen molar-refractivity contribution < 1.29 is 4.39 Å². The van der Waals surface area contributed by atoms with Gasteiger partial charge < -0.3 is 4.90 Å². The number of benzene rings is 1. The molecule has 1 nitrogen and oxygen atoms in total. The number of rotatable bonds is 1. The summed E-state index contributed by atoms with van der Waals surface area (Å²) in [5, 5.41) is 0. The van der Waals surface area contributed by atoms with Crippen molar-refractivity contribution in [1.82, 2.24) is 0 Å². The number of alkyl halides is 1. The van der Waals surface area contributed by atoms with Gasteiger partial charge in [0.15, 0.2) is 6.30 Å². The molecular formula is C10H12FN. The van der Waals surface area contributed by atoms with Crippen molar-refractivity contribution in [1.29, 1.82) is 0 Å². The van der Waals surface area contributed by atoms with Gasteiger partial charge in [0.05, 0.1) is 0 Å². The molecule has 0 aliphatic carbocycles. The molecule has 1 fully saturated rings. The van der Waals surface area contributed by atoms with E-state index < -0.39 is 6.30 Å². The maximum absolute atomic E-state index is 13.2. The summed E-state index contributed by atoms with van der Waals surface area (Å²) >= 11 is 0. The Morgan fingerprint density at radius 2 is 2.00 bits per heavy atom. The summed E-state index contributed by atoms with van der Waals surface area (Å²) in [5.74, 6) is 0. The Morgan fingerprint density at radius 1 is 1.25 bits per heavy atom. The van der Waals surface area contributed by atoms with Gasteiger partial charge in [0, 0.05) is 12.2 Å². The van der Waals surface area contributed by atoms with Crippen LogP contribution in [-0.2, 0) is 0 Å². The van der Waals surface area contributed by atoms with Gasteiger partial charge in [0.25, 0.3) is 0 Å². The quantitative estimate of drug-likeness (QED) is 0.578. The molecule has 1 atom stereocenters. The molecule has 2 heteroatoms. The first-order valence-electron chi connectivity index (χ1n) is 4.34. The molecule has 0 bridgehead atoms. The molecule has 2 rings (SSSR count). The van der Waals surface area contributed by atoms with E-state index in [-0.39, 0.29) is 0 Å². The van der Waals surface area contributed by atoms with Crippen LogP contribution in [0.25, 0.3) is 0 Å². The van der Waals surface area contributed by atoms with Gasteiger partial charge in [-0.1, -0.05) is 18.2 Å². The van der Waals surface area contributed by atoms with E-state index in [0.717, 1.165) is 18.7 Å². The van der Waals surface area contributed by atoms with Gasteiger partial charge in [-0.25, -0.2) is 4.39 Å². The van der Waals surface area contributed by atoms with Crippen LogP contribution in [0.3, 0.4) is 0 Å². The van der Waals surface area contributed by atoms with E-state index in [2.05, 4.69) is 0 Å². The highest BCUT2D eigenvalue weighted by Crippen LogP contribution is 2.25. The molecule has 1 heterocycles. The third-order valence-electron chi connectivity index (χ3n) is 2.27. The van der Waals surface area contributed by atoms with Crippen molar-refractivity contribution in [3.8, 4) is 0 Å². The molecule has 1 aromatic rings. The minimum absolute atomic E-state index is 0.675. The standard InChI is InChI=1S/C10H12FN/c11-10-7-4-8-12(10)9-5-2-1-3-6-9/h1-3,5-6,10H,4,7-8H2. The molecule has 64 valence electrons. The zero-order valence-electron chi connectivity index (χ0n) is 6.91. The first kappa shape index (κ1) is 7.59. The van der Waals surface area contributed by atoms with Gasteiger partial charge in [0.1, 0.15) is 0 Å². The first-order chi connectivity index (χ1) is 5.88. The fourth-order valence-electron chi connectivity index (χ4n) is 1.64. The van der Waals surface area contributed by atoms with Crippen molar-refractivity contribution in [3.63, 3.8) is 0 Å². The molecule has 0 N–H and O–H groups in total. The predicted octanol–water partition coefficient (Wildman–Crippen LogP) is 2.58. The number of para-hydroxylation sites is 1. The molecule has 0 amide bonds. The Kier molecular flexibility index (Phi) is 1.98. The lowest BCUT2D eigenvalue weighted by molar-refractivity contribution is 0.345. The average Bonchev–Trinajstić information content (AvgIpc) is 2.53. The van der Waals surface area contributed by atoms with Crippen LogP contribution in [0.1, 0.15) is 12.8 Å². The van der Waals surface area contributed by atoms with E-state index in [1.54, 1.807) is 0 Å². The van der Waals surface area contributed by atoms with Gasteiger partial charge in [-0.15, -0.1) is 0 Å². The van der Waals surface area contributed by atoms with Gasteiger partial charge in [-0.05, 0) is 25.0 Å². The maximum atomic E-state index is 13.2. The second kappa shape index (κ2) is 3.13. The monoisotopic (exact) mass is 165 g/mol. The van der Waals surface area contributed by atoms with E-state index in [4.69, 9.17) is 0 Å². The second-order valence-corrected chi connectivity index (χ2v) is 3.11. The highest BCUT2D eigenvalue weighted by atomic mass is 19.1. The Morgan fingerprint density at radius 3 is 2.58 bits per heavy atom. The number of hydrogen-bond acceptors (Lipinski definition) is 1. The third-order valence-corrected chi connectivity index (χ3v) is 2.27. The predicted molar refractivity (Wildman–Crippen MR) is 47.9 cm³/mol. The van der Waals surface area contributed by atoms with Crippen LogP contribution in [0.4, 0.5) is 10.1 Å². The molecule has 1 aromatic carbocycles. The zero-order valence-corrected chi connectivity index (χ0v) is 6.91. The molecule has 1 unspecified atom stereocenters. The smallest absolute Gasteiger partial charge is 0.172 e. The van der Waals surface area contributed by atoms with E-state index in [9.17, 15) is 4.39 Å². The van der Waals surface area contributed by atoms with Crippen molar-refractivity contribution in [2.24, 2.45) is 0 Å². The Hall–Kier alpha value is -1.05. The zero-order chi connectivity index (χ0) is 8.39. The molecule has 0 saturated carbocycles. The number of anilines is 1. The summed E-state index contributed by atoms with van der Waals surface area (Å²) in [6, 6.07) is 9.75. The number of hydrogen-bond donors (Lipinski definition) is 0. The minimum Gasteiger partial charge on any atom is -0.342 e. The molecule has 0 aromatic heterocycles. The lowest BCUT2D eigenvalue weighted by Gasteiger charge is -2.20. The SMILES string of the molecule is FC1CCCN1c1ccccc1. The van der Waals surface area contributed by atoms with Crippen molar-refractivity contribution in [2.75, 3.05) is 11.4 Å². The van der Waals surface area contributed by atoms with Gasteiger partial charge in [0.2, 0.25) is 0 Å². The number of halogens is 1. The van der Waals surface area contributed by atoms with E-state index >= 15 is 0 Å². The highest BCUT2D eigenvalue weighted by molar-refractivity contribution is 5.47. The van der Waals surface area contributed by atoms with E-state index in [1.165, 1.54) is 0 Å². The molecular weight excluding hydrogens is 153 g/mol. The molecule has 12 heavy (non-hydrogen) atoms. The van der Waals surface area contributed by atoms with Crippen LogP contribution in [0, 0.1) is 0 Å². The van der Waals surface area contributed by atoms with E-state index in [1.807, 2.05) is 35.2 Å². The van der Waals surface area contributed by atoms with E-state index in [0.29, 0.717) is 6.42 Å². The third kappa shape index (κ3) is 1.29. The Balaban J connectivity index is 2.19. The summed E-state index contributed by atoms with van der Waals surface area (Å²) in [5.41, 5.74) is 1.00. The van der Waals surface area contributed by atoms with Crippen molar-refractivity contribution in [2.45, 2.75) is 19.1 Å². The first-order valence-corrected chi connectivity index (χ1v) is 4.34. The lowest BCUT2D eigenvalue weighted by Crippen LogP contribution is -2.24. The van der Waals surface area contributed by atoms with Crippen LogP contribution in [-0.4, -0.2) is 12.8 Å². The van der Waals surface area contributed by atoms with Crippen LogP contribution in [0.5, 0.6) is 0 Å². The maximum Gasteiger partial charge on any atom is 0.172 e. The fourth-order valence-corrected chi connectivity index (χ4v) is 1.64. The average molecular weight is 165 g/mol. The summed E-state index contributed by atoms with van der Waals surface area (Å²) in [4.78, 5) is 1.82. The van der Waals surface area contributed by atoms with Crippen LogP contribution < -0.4 is 4.90 Å².